The first-order valence-electron chi connectivity index (χ1n) is 6.53. The van der Waals surface area contributed by atoms with Crippen molar-refractivity contribution in [2.24, 2.45) is 0 Å². The van der Waals surface area contributed by atoms with Crippen LogP contribution in [0, 0.1) is 0 Å². The first kappa shape index (κ1) is 14.6. The van der Waals surface area contributed by atoms with Crippen LogP contribution in [-0.2, 0) is 6.54 Å². The topological polar surface area (TPSA) is 50.7 Å². The molecule has 2 N–H and O–H groups in total. The molecule has 0 spiro atoms. The van der Waals surface area contributed by atoms with Gasteiger partial charge in [0, 0.05) is 13.1 Å². The minimum Gasteiger partial charge on any atom is -0.486 e. The van der Waals surface area contributed by atoms with Crippen molar-refractivity contribution in [1.82, 2.24) is 5.32 Å². The van der Waals surface area contributed by atoms with E-state index in [0.29, 0.717) is 26.3 Å². The molecule has 19 heavy (non-hydrogen) atoms. The molecule has 0 bridgehead atoms. The van der Waals surface area contributed by atoms with Gasteiger partial charge in [0.1, 0.15) is 13.2 Å². The quantitative estimate of drug-likeness (QED) is 0.871. The van der Waals surface area contributed by atoms with E-state index < -0.39 is 5.60 Å². The van der Waals surface area contributed by atoms with Gasteiger partial charge in [0.05, 0.1) is 10.1 Å². The smallest absolute Gasteiger partial charge is 0.175 e. The van der Waals surface area contributed by atoms with Crippen LogP contribution in [0.25, 0.3) is 0 Å². The van der Waals surface area contributed by atoms with Crippen LogP contribution in [0.1, 0.15) is 25.8 Å². The number of fused-ring (bicyclic) bond motifs is 1. The SMILES string of the molecule is CCC(C)(O)CNCc1cc(Br)c2c(c1)OCCO2. The molecule has 1 aromatic rings. The molecule has 1 aromatic carbocycles. The van der Waals surface area contributed by atoms with Gasteiger partial charge in [-0.25, -0.2) is 0 Å². The van der Waals surface area contributed by atoms with Gasteiger partial charge in [-0.1, -0.05) is 6.92 Å². The number of rotatable bonds is 5. The molecule has 4 nitrogen and oxygen atoms in total. The van der Waals surface area contributed by atoms with Crippen molar-refractivity contribution in [3.63, 3.8) is 0 Å². The van der Waals surface area contributed by atoms with Crippen molar-refractivity contribution in [2.75, 3.05) is 19.8 Å². The van der Waals surface area contributed by atoms with Crippen molar-refractivity contribution in [2.45, 2.75) is 32.4 Å². The van der Waals surface area contributed by atoms with E-state index in [9.17, 15) is 5.11 Å². The van der Waals surface area contributed by atoms with Gasteiger partial charge in [-0.05, 0) is 47.0 Å². The maximum absolute atomic E-state index is 9.93. The number of aliphatic hydroxyl groups is 1. The zero-order valence-electron chi connectivity index (χ0n) is 11.3. The average molecular weight is 330 g/mol. The fraction of sp³-hybridized carbons (Fsp3) is 0.571. The Morgan fingerprint density at radius 1 is 1.37 bits per heavy atom. The largest absolute Gasteiger partial charge is 0.486 e. The van der Waals surface area contributed by atoms with Crippen molar-refractivity contribution >= 4 is 15.9 Å². The lowest BCUT2D eigenvalue weighted by molar-refractivity contribution is 0.0555. The molecule has 1 heterocycles. The molecular formula is C14H20BrNO3. The average Bonchev–Trinajstić information content (AvgIpc) is 2.39. The Kier molecular flexibility index (Phi) is 4.71. The maximum atomic E-state index is 9.93. The summed E-state index contributed by atoms with van der Waals surface area (Å²) in [7, 11) is 0. The molecule has 0 saturated heterocycles. The summed E-state index contributed by atoms with van der Waals surface area (Å²) in [6.45, 7) is 6.23. The Hall–Kier alpha value is -0.780. The van der Waals surface area contributed by atoms with Crippen molar-refractivity contribution < 1.29 is 14.6 Å². The number of halogens is 1. The van der Waals surface area contributed by atoms with Crippen molar-refractivity contribution in [3.05, 3.63) is 22.2 Å². The second kappa shape index (κ2) is 6.11. The van der Waals surface area contributed by atoms with E-state index in [2.05, 4.69) is 21.2 Å². The third-order valence-electron chi connectivity index (χ3n) is 3.25. The fourth-order valence-corrected chi connectivity index (χ4v) is 2.47. The number of nitrogens with one attached hydrogen (secondary N) is 1. The van der Waals surface area contributed by atoms with Gasteiger partial charge in [0.25, 0.3) is 0 Å². The maximum Gasteiger partial charge on any atom is 0.175 e. The van der Waals surface area contributed by atoms with E-state index in [-0.39, 0.29) is 0 Å². The van der Waals surface area contributed by atoms with Gasteiger partial charge in [-0.15, -0.1) is 0 Å². The third kappa shape index (κ3) is 3.84. The lowest BCUT2D eigenvalue weighted by atomic mass is 10.0. The Morgan fingerprint density at radius 3 is 2.84 bits per heavy atom. The summed E-state index contributed by atoms with van der Waals surface area (Å²) in [6, 6.07) is 3.99. The number of ether oxygens (including phenoxy) is 2. The number of hydrogen-bond acceptors (Lipinski definition) is 4. The van der Waals surface area contributed by atoms with Crippen LogP contribution in [0.4, 0.5) is 0 Å². The van der Waals surface area contributed by atoms with Crippen LogP contribution in [0.15, 0.2) is 16.6 Å². The highest BCUT2D eigenvalue weighted by Gasteiger charge is 2.18. The van der Waals surface area contributed by atoms with E-state index in [4.69, 9.17) is 9.47 Å². The van der Waals surface area contributed by atoms with Gasteiger partial charge in [0.15, 0.2) is 11.5 Å². The molecule has 0 aromatic heterocycles. The number of benzene rings is 1. The first-order chi connectivity index (χ1) is 9.02. The molecule has 0 saturated carbocycles. The van der Waals surface area contributed by atoms with Crippen LogP contribution >= 0.6 is 15.9 Å². The normalized spacial score (nSPS) is 17.1. The van der Waals surface area contributed by atoms with Gasteiger partial charge in [-0.2, -0.15) is 0 Å². The van der Waals surface area contributed by atoms with Crippen molar-refractivity contribution in [3.8, 4) is 11.5 Å². The minimum absolute atomic E-state index is 0.565. The summed E-state index contributed by atoms with van der Waals surface area (Å²) in [5.41, 5.74) is 0.438. The summed E-state index contributed by atoms with van der Waals surface area (Å²) < 4.78 is 12.0. The predicted molar refractivity (Wildman–Crippen MR) is 77.8 cm³/mol. The highest BCUT2D eigenvalue weighted by molar-refractivity contribution is 9.10. The summed E-state index contributed by atoms with van der Waals surface area (Å²) in [5, 5.41) is 13.2. The highest BCUT2D eigenvalue weighted by atomic mass is 79.9. The Bertz CT molecular complexity index is 449. The molecule has 1 atom stereocenters. The van der Waals surface area contributed by atoms with Crippen LogP contribution in [-0.4, -0.2) is 30.5 Å². The Labute approximate surface area is 122 Å². The van der Waals surface area contributed by atoms with Crippen molar-refractivity contribution in [1.29, 1.82) is 0 Å². The van der Waals surface area contributed by atoms with E-state index in [1.165, 1.54) is 0 Å². The summed E-state index contributed by atoms with van der Waals surface area (Å²) >= 11 is 3.50. The van der Waals surface area contributed by atoms with Gasteiger partial charge >= 0.3 is 0 Å². The van der Waals surface area contributed by atoms with E-state index in [1.54, 1.807) is 0 Å². The lowest BCUT2D eigenvalue weighted by Crippen LogP contribution is -2.36. The molecule has 1 aliphatic rings. The molecule has 2 rings (SSSR count). The van der Waals surface area contributed by atoms with E-state index in [1.807, 2.05) is 26.0 Å². The zero-order chi connectivity index (χ0) is 13.9. The van der Waals surface area contributed by atoms with E-state index >= 15 is 0 Å². The third-order valence-corrected chi connectivity index (χ3v) is 3.84. The highest BCUT2D eigenvalue weighted by Crippen LogP contribution is 2.38. The molecule has 106 valence electrons. The molecule has 0 radical (unpaired) electrons. The van der Waals surface area contributed by atoms with E-state index in [0.717, 1.165) is 28.0 Å². The molecule has 0 aliphatic carbocycles. The molecular weight excluding hydrogens is 310 g/mol. The number of hydrogen-bond donors (Lipinski definition) is 2. The Morgan fingerprint density at radius 2 is 2.11 bits per heavy atom. The molecule has 0 fully saturated rings. The van der Waals surface area contributed by atoms with Gasteiger partial charge in [0.2, 0.25) is 0 Å². The van der Waals surface area contributed by atoms with Crippen LogP contribution in [0.2, 0.25) is 0 Å². The van der Waals surface area contributed by atoms with Crippen LogP contribution < -0.4 is 14.8 Å². The fourth-order valence-electron chi connectivity index (χ4n) is 1.87. The van der Waals surface area contributed by atoms with Gasteiger partial charge in [-0.3, -0.25) is 0 Å². The summed E-state index contributed by atoms with van der Waals surface area (Å²) in [4.78, 5) is 0. The second-order valence-corrected chi connectivity index (χ2v) is 5.91. The Balaban J connectivity index is 2.00. The van der Waals surface area contributed by atoms with Crippen LogP contribution in [0.3, 0.4) is 0 Å². The molecule has 0 amide bonds. The molecule has 5 heteroatoms. The van der Waals surface area contributed by atoms with Crippen LogP contribution in [0.5, 0.6) is 11.5 Å². The zero-order valence-corrected chi connectivity index (χ0v) is 12.9. The summed E-state index contributed by atoms with van der Waals surface area (Å²) in [6.07, 6.45) is 0.727. The van der Waals surface area contributed by atoms with Gasteiger partial charge < -0.3 is 19.9 Å². The molecule has 1 aliphatic heterocycles. The monoisotopic (exact) mass is 329 g/mol. The first-order valence-corrected chi connectivity index (χ1v) is 7.32. The minimum atomic E-state index is -0.662. The second-order valence-electron chi connectivity index (χ2n) is 5.06. The summed E-state index contributed by atoms with van der Waals surface area (Å²) in [5.74, 6) is 1.55. The predicted octanol–water partition coefficient (Wildman–Crippen LogP) is 2.47. The standard InChI is InChI=1S/C14H20BrNO3/c1-3-14(2,17)9-16-8-10-6-11(15)13-12(7-10)18-4-5-19-13/h6-7,16-17H,3-5,8-9H2,1-2H3. The molecule has 1 unspecified atom stereocenters. The lowest BCUT2D eigenvalue weighted by Gasteiger charge is -2.23.